The monoisotopic (exact) mass is 420 g/mol. The summed E-state index contributed by atoms with van der Waals surface area (Å²) in [4.78, 5) is 6.43. The van der Waals surface area contributed by atoms with Gasteiger partial charge in [0.25, 0.3) is 0 Å². The Morgan fingerprint density at radius 1 is 1.23 bits per heavy atom. The van der Waals surface area contributed by atoms with Gasteiger partial charge in [0.05, 0.1) is 25.5 Å². The molecule has 1 saturated heterocycles. The largest absolute Gasteiger partial charge is 0.496 e. The predicted molar refractivity (Wildman–Crippen MR) is 104 cm³/mol. The molecule has 1 fully saturated rings. The third-order valence-corrected chi connectivity index (χ3v) is 5.47. The third kappa shape index (κ3) is 3.87. The molecule has 1 aliphatic rings. The highest BCUT2D eigenvalue weighted by Gasteiger charge is 2.36. The summed E-state index contributed by atoms with van der Waals surface area (Å²) in [6.45, 7) is 2.84. The molecule has 2 aromatic heterocycles. The Bertz CT molecular complexity index is 1060. The summed E-state index contributed by atoms with van der Waals surface area (Å²) in [5.41, 5.74) is 1.99. The molecule has 0 saturated carbocycles. The highest BCUT2D eigenvalue weighted by Crippen LogP contribution is 2.35. The van der Waals surface area contributed by atoms with Crippen molar-refractivity contribution in [1.82, 2.24) is 19.5 Å². The zero-order valence-corrected chi connectivity index (χ0v) is 16.8. The molecule has 3 heterocycles. The van der Waals surface area contributed by atoms with Crippen molar-refractivity contribution in [3.8, 4) is 5.75 Å². The number of aliphatic hydroxyl groups is 1. The van der Waals surface area contributed by atoms with Gasteiger partial charge in [-0.25, -0.2) is 9.50 Å². The van der Waals surface area contributed by atoms with Crippen LogP contribution in [0.25, 0.3) is 5.65 Å². The van der Waals surface area contributed by atoms with E-state index in [0.29, 0.717) is 29.2 Å². The number of nitrogens with zero attached hydrogens (tertiary/aromatic N) is 4. The van der Waals surface area contributed by atoms with Crippen LogP contribution in [-0.2, 0) is 19.3 Å². The molecule has 6 nitrogen and oxygen atoms in total. The molecule has 0 bridgehead atoms. The van der Waals surface area contributed by atoms with Crippen LogP contribution < -0.4 is 4.74 Å². The quantitative estimate of drug-likeness (QED) is 0.679. The van der Waals surface area contributed by atoms with E-state index in [1.165, 1.54) is 0 Å². The normalized spacial score (nSPS) is 17.7. The van der Waals surface area contributed by atoms with Gasteiger partial charge in [-0.15, -0.1) is 0 Å². The van der Waals surface area contributed by atoms with Crippen molar-refractivity contribution in [1.29, 1.82) is 0 Å². The minimum Gasteiger partial charge on any atom is -0.496 e. The van der Waals surface area contributed by atoms with E-state index < -0.39 is 11.9 Å². The van der Waals surface area contributed by atoms with E-state index in [1.54, 1.807) is 20.1 Å². The number of aliphatic hydroxyl groups excluding tert-OH is 1. The van der Waals surface area contributed by atoms with Gasteiger partial charge in [0.2, 0.25) is 0 Å². The van der Waals surface area contributed by atoms with Crippen LogP contribution in [0.3, 0.4) is 0 Å². The molecule has 1 atom stereocenters. The Morgan fingerprint density at radius 3 is 2.73 bits per heavy atom. The van der Waals surface area contributed by atoms with Gasteiger partial charge in [-0.3, -0.25) is 4.90 Å². The SMILES string of the molecule is COc1ccc(CN2CCC[C@@H]2c2cc3nc(C)cc(C(F)(F)F)n3n2)cc1CO. The number of fused-ring (bicyclic) bond motifs is 1. The zero-order valence-electron chi connectivity index (χ0n) is 16.8. The number of likely N-dealkylation sites (tertiary alicyclic amines) is 1. The maximum Gasteiger partial charge on any atom is 0.433 e. The highest BCUT2D eigenvalue weighted by atomic mass is 19.4. The van der Waals surface area contributed by atoms with Crippen LogP contribution in [0.15, 0.2) is 30.3 Å². The van der Waals surface area contributed by atoms with Gasteiger partial charge >= 0.3 is 6.18 Å². The summed E-state index contributed by atoms with van der Waals surface area (Å²) in [6.07, 6.45) is -2.76. The molecule has 160 valence electrons. The number of aryl methyl sites for hydroxylation is 1. The molecule has 1 N–H and O–H groups in total. The van der Waals surface area contributed by atoms with Crippen LogP contribution in [0.5, 0.6) is 5.75 Å². The smallest absolute Gasteiger partial charge is 0.433 e. The third-order valence-electron chi connectivity index (χ3n) is 5.47. The predicted octanol–water partition coefficient (Wildman–Crippen LogP) is 3.89. The molecule has 0 unspecified atom stereocenters. The van der Waals surface area contributed by atoms with Crippen molar-refractivity contribution in [2.24, 2.45) is 0 Å². The minimum absolute atomic E-state index is 0.0900. The van der Waals surface area contributed by atoms with E-state index in [4.69, 9.17) is 4.74 Å². The number of ether oxygens (including phenoxy) is 1. The molecule has 0 aliphatic carbocycles. The van der Waals surface area contributed by atoms with Gasteiger partial charge in [0, 0.05) is 23.9 Å². The number of benzene rings is 1. The van der Waals surface area contributed by atoms with Gasteiger partial charge in [0.15, 0.2) is 5.65 Å². The number of halogens is 3. The van der Waals surface area contributed by atoms with E-state index in [0.717, 1.165) is 35.5 Å². The lowest BCUT2D eigenvalue weighted by Crippen LogP contribution is -2.23. The van der Waals surface area contributed by atoms with E-state index >= 15 is 0 Å². The summed E-state index contributed by atoms with van der Waals surface area (Å²) in [6, 6.07) is 8.23. The number of rotatable bonds is 5. The summed E-state index contributed by atoms with van der Waals surface area (Å²) >= 11 is 0. The molecule has 1 aromatic carbocycles. The van der Waals surface area contributed by atoms with Gasteiger partial charge < -0.3 is 9.84 Å². The van der Waals surface area contributed by atoms with Gasteiger partial charge in [-0.05, 0) is 50.1 Å². The molecule has 0 radical (unpaired) electrons. The Kier molecular flexibility index (Phi) is 5.42. The van der Waals surface area contributed by atoms with Crippen molar-refractivity contribution in [2.75, 3.05) is 13.7 Å². The molecule has 4 rings (SSSR count). The number of hydrogen-bond acceptors (Lipinski definition) is 5. The Labute approximate surface area is 171 Å². The lowest BCUT2D eigenvalue weighted by Gasteiger charge is -2.23. The molecule has 3 aromatic rings. The summed E-state index contributed by atoms with van der Waals surface area (Å²) in [5.74, 6) is 0.626. The van der Waals surface area contributed by atoms with Crippen molar-refractivity contribution < 1.29 is 23.0 Å². The average Bonchev–Trinajstić information content (AvgIpc) is 3.32. The molecular formula is C21H23F3N4O2. The van der Waals surface area contributed by atoms with Gasteiger partial charge in [-0.2, -0.15) is 18.3 Å². The first kappa shape index (κ1) is 20.6. The number of hydrogen-bond donors (Lipinski definition) is 1. The van der Waals surface area contributed by atoms with Crippen molar-refractivity contribution in [3.05, 3.63) is 58.5 Å². The highest BCUT2D eigenvalue weighted by molar-refractivity contribution is 5.43. The first-order valence-corrected chi connectivity index (χ1v) is 9.75. The number of alkyl halides is 3. The molecule has 1 aliphatic heterocycles. The minimum atomic E-state index is -4.51. The lowest BCUT2D eigenvalue weighted by atomic mass is 10.1. The van der Waals surface area contributed by atoms with Crippen LogP contribution in [0.4, 0.5) is 13.2 Å². The maximum atomic E-state index is 13.5. The van der Waals surface area contributed by atoms with Crippen molar-refractivity contribution in [3.63, 3.8) is 0 Å². The average molecular weight is 420 g/mol. The zero-order chi connectivity index (χ0) is 21.5. The van der Waals surface area contributed by atoms with Crippen molar-refractivity contribution in [2.45, 2.75) is 45.1 Å². The fourth-order valence-electron chi connectivity index (χ4n) is 4.12. The van der Waals surface area contributed by atoms with E-state index in [9.17, 15) is 18.3 Å². The van der Waals surface area contributed by atoms with Crippen LogP contribution in [-0.4, -0.2) is 38.3 Å². The second-order valence-corrected chi connectivity index (χ2v) is 7.55. The summed E-state index contributed by atoms with van der Waals surface area (Å²) < 4.78 is 46.5. The maximum absolute atomic E-state index is 13.5. The van der Waals surface area contributed by atoms with E-state index in [1.807, 2.05) is 18.2 Å². The molecule has 0 spiro atoms. The topological polar surface area (TPSA) is 62.9 Å². The van der Waals surface area contributed by atoms with Gasteiger partial charge in [-0.1, -0.05) is 6.07 Å². The Morgan fingerprint density at radius 2 is 2.03 bits per heavy atom. The summed E-state index contributed by atoms with van der Waals surface area (Å²) in [7, 11) is 1.55. The van der Waals surface area contributed by atoms with Gasteiger partial charge in [0.1, 0.15) is 11.4 Å². The first-order chi connectivity index (χ1) is 14.3. The molecular weight excluding hydrogens is 397 g/mol. The van der Waals surface area contributed by atoms with Crippen LogP contribution in [0, 0.1) is 6.92 Å². The van der Waals surface area contributed by atoms with Crippen molar-refractivity contribution >= 4 is 5.65 Å². The van der Waals surface area contributed by atoms with E-state index in [2.05, 4.69) is 15.0 Å². The second-order valence-electron chi connectivity index (χ2n) is 7.55. The second kappa shape index (κ2) is 7.88. The molecule has 30 heavy (non-hydrogen) atoms. The van der Waals surface area contributed by atoms with Crippen LogP contribution >= 0.6 is 0 Å². The summed E-state index contributed by atoms with van der Waals surface area (Å²) in [5, 5.41) is 13.8. The molecule has 0 amide bonds. The van der Waals surface area contributed by atoms with Crippen LogP contribution in [0.2, 0.25) is 0 Å². The molecule has 9 heteroatoms. The Balaban J connectivity index is 1.65. The number of methoxy groups -OCH3 is 1. The number of aromatic nitrogens is 3. The standard InChI is InChI=1S/C21H23F3N4O2/c1-13-8-19(21(22,23)24)28-20(25-13)10-16(26-28)17-4-3-7-27(17)11-14-5-6-18(30-2)15(9-14)12-29/h5-6,8-10,17,29H,3-4,7,11-12H2,1-2H3/t17-/m1/s1. The first-order valence-electron chi connectivity index (χ1n) is 9.75. The fraction of sp³-hybridized carbons (Fsp3) is 0.429. The Hall–Kier alpha value is -2.65. The fourth-order valence-corrected chi connectivity index (χ4v) is 4.12. The lowest BCUT2D eigenvalue weighted by molar-refractivity contribution is -0.142. The van der Waals surface area contributed by atoms with E-state index in [-0.39, 0.29) is 18.3 Å². The van der Waals surface area contributed by atoms with Crippen LogP contribution in [0.1, 0.15) is 47.1 Å².